The van der Waals surface area contributed by atoms with Gasteiger partial charge in [-0.15, -0.1) is 0 Å². The molecular weight excluding hydrogens is 356 g/mol. The van der Waals surface area contributed by atoms with Gasteiger partial charge in [-0.05, 0) is 17.5 Å². The van der Waals surface area contributed by atoms with Crippen LogP contribution in [0.15, 0.2) is 60.7 Å². The molecule has 0 N–H and O–H groups in total. The molecule has 146 valence electrons. The number of Topliss-reactive ketones (excluding diaryl/α,β-unsaturated/α-hetero) is 1. The largest absolute Gasteiger partial charge is 0.465 e. The summed E-state index contributed by atoms with van der Waals surface area (Å²) in [4.78, 5) is 36.4. The van der Waals surface area contributed by atoms with E-state index in [0.717, 1.165) is 11.1 Å². The third kappa shape index (κ3) is 5.14. The van der Waals surface area contributed by atoms with Crippen LogP contribution in [0.1, 0.15) is 17.5 Å². The molecule has 0 spiro atoms. The highest BCUT2D eigenvalue weighted by Gasteiger charge is 2.44. The molecule has 28 heavy (non-hydrogen) atoms. The molecule has 3 rings (SSSR count). The molecule has 1 aliphatic heterocycles. The van der Waals surface area contributed by atoms with Gasteiger partial charge in [-0.3, -0.25) is 9.59 Å². The molecule has 2 aromatic rings. The molecule has 0 radical (unpaired) electrons. The third-order valence-electron chi connectivity index (χ3n) is 5.03. The molecule has 1 saturated heterocycles. The minimum absolute atomic E-state index is 0.0372. The summed E-state index contributed by atoms with van der Waals surface area (Å²) in [5, 5.41) is 0. The SMILES string of the molecule is O=CC[C@@H](COCc1ccccc1)C(=O)C1C(=O)OC[C@H]1Cc1ccccc1. The van der Waals surface area contributed by atoms with Crippen molar-refractivity contribution in [3.63, 3.8) is 0 Å². The highest BCUT2D eigenvalue weighted by Crippen LogP contribution is 2.30. The van der Waals surface area contributed by atoms with Crippen LogP contribution >= 0.6 is 0 Å². The van der Waals surface area contributed by atoms with Crippen LogP contribution in [0.2, 0.25) is 0 Å². The van der Waals surface area contributed by atoms with E-state index in [1.807, 2.05) is 60.7 Å². The Bertz CT molecular complexity index is 787. The van der Waals surface area contributed by atoms with Gasteiger partial charge in [0.05, 0.1) is 19.8 Å². The lowest BCUT2D eigenvalue weighted by atomic mass is 9.81. The van der Waals surface area contributed by atoms with Crippen molar-refractivity contribution in [1.29, 1.82) is 0 Å². The Morgan fingerprint density at radius 3 is 2.36 bits per heavy atom. The van der Waals surface area contributed by atoms with Crippen LogP contribution in [-0.2, 0) is 36.9 Å². The molecule has 2 aromatic carbocycles. The van der Waals surface area contributed by atoms with Crippen molar-refractivity contribution in [2.75, 3.05) is 13.2 Å². The van der Waals surface area contributed by atoms with Crippen molar-refractivity contribution in [1.82, 2.24) is 0 Å². The van der Waals surface area contributed by atoms with Gasteiger partial charge in [0.25, 0.3) is 0 Å². The van der Waals surface area contributed by atoms with Crippen molar-refractivity contribution >= 4 is 18.0 Å². The summed E-state index contributed by atoms with van der Waals surface area (Å²) in [6.07, 6.45) is 1.33. The number of benzene rings is 2. The molecule has 0 aromatic heterocycles. The van der Waals surface area contributed by atoms with E-state index in [1.165, 1.54) is 0 Å². The van der Waals surface area contributed by atoms with Crippen LogP contribution in [0.5, 0.6) is 0 Å². The van der Waals surface area contributed by atoms with Crippen molar-refractivity contribution in [2.24, 2.45) is 17.8 Å². The molecule has 1 fully saturated rings. The molecule has 3 atom stereocenters. The highest BCUT2D eigenvalue weighted by molar-refractivity contribution is 6.02. The summed E-state index contributed by atoms with van der Waals surface area (Å²) >= 11 is 0. The average Bonchev–Trinajstić information content (AvgIpc) is 3.08. The van der Waals surface area contributed by atoms with Gasteiger partial charge in [-0.1, -0.05) is 60.7 Å². The maximum Gasteiger partial charge on any atom is 0.316 e. The Kier molecular flexibility index (Phi) is 7.09. The predicted molar refractivity (Wildman–Crippen MR) is 103 cm³/mol. The van der Waals surface area contributed by atoms with Crippen LogP contribution in [0.25, 0.3) is 0 Å². The van der Waals surface area contributed by atoms with E-state index in [4.69, 9.17) is 9.47 Å². The molecule has 0 saturated carbocycles. The normalized spacial score (nSPS) is 19.8. The minimum Gasteiger partial charge on any atom is -0.465 e. The first-order valence-electron chi connectivity index (χ1n) is 9.48. The second kappa shape index (κ2) is 9.95. The molecule has 0 bridgehead atoms. The fraction of sp³-hybridized carbons (Fsp3) is 0.348. The molecule has 1 unspecified atom stereocenters. The summed E-state index contributed by atoms with van der Waals surface area (Å²) in [6.45, 7) is 0.684. The van der Waals surface area contributed by atoms with Crippen LogP contribution in [0.4, 0.5) is 0 Å². The number of cyclic esters (lactones) is 1. The van der Waals surface area contributed by atoms with E-state index in [9.17, 15) is 14.4 Å². The molecule has 5 nitrogen and oxygen atoms in total. The van der Waals surface area contributed by atoms with E-state index >= 15 is 0 Å². The lowest BCUT2D eigenvalue weighted by molar-refractivity contribution is -0.147. The number of carbonyl (C=O) groups excluding carboxylic acids is 3. The summed E-state index contributed by atoms with van der Waals surface area (Å²) in [5.41, 5.74) is 2.04. The second-order valence-corrected chi connectivity index (χ2v) is 7.06. The minimum atomic E-state index is -0.842. The van der Waals surface area contributed by atoms with Gasteiger partial charge >= 0.3 is 5.97 Å². The zero-order chi connectivity index (χ0) is 19.8. The zero-order valence-electron chi connectivity index (χ0n) is 15.7. The molecule has 5 heteroatoms. The maximum absolute atomic E-state index is 13.0. The van der Waals surface area contributed by atoms with Gasteiger partial charge in [0.2, 0.25) is 0 Å². The Hall–Kier alpha value is -2.79. The van der Waals surface area contributed by atoms with Gasteiger partial charge in [-0.2, -0.15) is 0 Å². The van der Waals surface area contributed by atoms with E-state index in [2.05, 4.69) is 0 Å². The zero-order valence-corrected chi connectivity index (χ0v) is 15.7. The number of ketones is 1. The van der Waals surface area contributed by atoms with E-state index < -0.39 is 17.8 Å². The van der Waals surface area contributed by atoms with Gasteiger partial charge in [-0.25, -0.2) is 0 Å². The number of aldehydes is 1. The van der Waals surface area contributed by atoms with Crippen molar-refractivity contribution in [2.45, 2.75) is 19.4 Å². The summed E-state index contributed by atoms with van der Waals surface area (Å²) in [5.74, 6) is -2.46. The van der Waals surface area contributed by atoms with Gasteiger partial charge in [0, 0.05) is 18.3 Å². The number of hydrogen-bond donors (Lipinski definition) is 0. The van der Waals surface area contributed by atoms with Crippen molar-refractivity contribution < 1.29 is 23.9 Å². The van der Waals surface area contributed by atoms with Crippen molar-refractivity contribution in [3.05, 3.63) is 71.8 Å². The summed E-state index contributed by atoms with van der Waals surface area (Å²) in [6, 6.07) is 19.3. The Balaban J connectivity index is 1.64. The maximum atomic E-state index is 13.0. The number of carbonyl (C=O) groups is 3. The highest BCUT2D eigenvalue weighted by atomic mass is 16.5. The molecular formula is C23H24O5. The Morgan fingerprint density at radius 1 is 1.07 bits per heavy atom. The lowest BCUT2D eigenvalue weighted by Crippen LogP contribution is -2.34. The first-order chi connectivity index (χ1) is 13.7. The first-order valence-corrected chi connectivity index (χ1v) is 9.48. The fourth-order valence-corrected chi connectivity index (χ4v) is 3.54. The van der Waals surface area contributed by atoms with Crippen LogP contribution in [0, 0.1) is 17.8 Å². The molecule has 0 amide bonds. The van der Waals surface area contributed by atoms with Crippen LogP contribution in [0.3, 0.4) is 0 Å². The number of rotatable bonds is 10. The third-order valence-corrected chi connectivity index (χ3v) is 5.03. The summed E-state index contributed by atoms with van der Waals surface area (Å²) in [7, 11) is 0. The Morgan fingerprint density at radius 2 is 1.71 bits per heavy atom. The van der Waals surface area contributed by atoms with Crippen LogP contribution < -0.4 is 0 Å². The molecule has 1 heterocycles. The average molecular weight is 380 g/mol. The quantitative estimate of drug-likeness (QED) is 0.360. The van der Waals surface area contributed by atoms with E-state index in [0.29, 0.717) is 19.3 Å². The number of ether oxygens (including phenoxy) is 2. The Labute approximate surface area is 164 Å². The standard InChI is InChI=1S/C23H24O5/c24-12-11-19(15-27-14-18-9-5-2-6-10-18)22(25)21-20(16-28-23(21)26)13-17-7-3-1-4-8-17/h1-10,12,19-21H,11,13-16H2/t19-,20+,21?/m0/s1. The smallest absolute Gasteiger partial charge is 0.316 e. The fourth-order valence-electron chi connectivity index (χ4n) is 3.54. The van der Waals surface area contributed by atoms with Gasteiger partial charge in [0.15, 0.2) is 5.78 Å². The first kappa shape index (κ1) is 20.0. The van der Waals surface area contributed by atoms with Crippen molar-refractivity contribution in [3.8, 4) is 0 Å². The topological polar surface area (TPSA) is 69.7 Å². The summed E-state index contributed by atoms with van der Waals surface area (Å²) < 4.78 is 10.9. The molecule has 0 aliphatic carbocycles. The van der Waals surface area contributed by atoms with E-state index in [1.54, 1.807) is 0 Å². The van der Waals surface area contributed by atoms with Gasteiger partial charge < -0.3 is 14.3 Å². The monoisotopic (exact) mass is 380 g/mol. The number of hydrogen-bond acceptors (Lipinski definition) is 5. The number of esters is 1. The van der Waals surface area contributed by atoms with Crippen LogP contribution in [-0.4, -0.2) is 31.3 Å². The lowest BCUT2D eigenvalue weighted by Gasteiger charge is -2.20. The van der Waals surface area contributed by atoms with Gasteiger partial charge in [0.1, 0.15) is 12.2 Å². The second-order valence-electron chi connectivity index (χ2n) is 7.06. The van der Waals surface area contributed by atoms with E-state index in [-0.39, 0.29) is 31.3 Å². The predicted octanol–water partition coefficient (Wildman–Crippen LogP) is 3.01. The molecule has 1 aliphatic rings.